The molecule has 174 valence electrons. The molecule has 6 heteroatoms. The fourth-order valence-corrected chi connectivity index (χ4v) is 4.53. The van der Waals surface area contributed by atoms with Gasteiger partial charge in [0.2, 0.25) is 0 Å². The van der Waals surface area contributed by atoms with Crippen molar-refractivity contribution in [2.75, 3.05) is 19.7 Å². The van der Waals surface area contributed by atoms with Crippen molar-refractivity contribution in [2.24, 2.45) is 9.94 Å². The third-order valence-corrected chi connectivity index (χ3v) is 6.19. The molecule has 1 aliphatic heterocycles. The Labute approximate surface area is 196 Å². The number of hydrogen-bond donors (Lipinski definition) is 1. The van der Waals surface area contributed by atoms with Crippen LogP contribution in [0.15, 0.2) is 16.2 Å². The average Bonchev–Trinajstić information content (AvgIpc) is 3.00. The van der Waals surface area contributed by atoms with Crippen molar-refractivity contribution in [3.63, 3.8) is 0 Å². The molecule has 0 amide bonds. The van der Waals surface area contributed by atoms with Crippen LogP contribution >= 0.6 is 16.1 Å². The quantitative estimate of drug-likeness (QED) is 0.471. The van der Waals surface area contributed by atoms with E-state index in [4.69, 9.17) is 4.74 Å². The molecule has 1 atom stereocenters. The van der Waals surface area contributed by atoms with Crippen LogP contribution in [-0.4, -0.2) is 47.4 Å². The van der Waals surface area contributed by atoms with E-state index >= 15 is 0 Å². The van der Waals surface area contributed by atoms with Crippen LogP contribution in [0.1, 0.15) is 89.7 Å². The standard InChI is InChI=1S/C25H39BrN2O3/c1-16(2)31-12-10-17-9-11-28(23(17)27-26)15-21(29)18-13-19(24(3,4)5)22(30)20(14-18)25(6,7)8/h13-14,16-17,30H,9-12,15H2,1-8H3/b27-23-. The molecule has 5 nitrogen and oxygen atoms in total. The van der Waals surface area contributed by atoms with Gasteiger partial charge < -0.3 is 14.7 Å². The average molecular weight is 496 g/mol. The van der Waals surface area contributed by atoms with E-state index in [1.54, 1.807) is 0 Å². The number of phenolic OH excluding ortho intramolecular Hbond substituents is 1. The normalized spacial score (nSPS) is 19.0. The van der Waals surface area contributed by atoms with Crippen molar-refractivity contribution < 1.29 is 14.6 Å². The van der Waals surface area contributed by atoms with E-state index in [1.807, 2.05) is 26.0 Å². The molecule has 0 saturated carbocycles. The van der Waals surface area contributed by atoms with Crippen molar-refractivity contribution in [2.45, 2.75) is 85.2 Å². The van der Waals surface area contributed by atoms with Gasteiger partial charge in [-0.15, -0.1) is 0 Å². The van der Waals surface area contributed by atoms with Gasteiger partial charge in [0, 0.05) is 35.8 Å². The minimum Gasteiger partial charge on any atom is -0.507 e. The number of rotatable bonds is 7. The second-order valence-corrected chi connectivity index (χ2v) is 11.3. The topological polar surface area (TPSA) is 62.1 Å². The van der Waals surface area contributed by atoms with Crippen LogP contribution in [0, 0.1) is 5.92 Å². The summed E-state index contributed by atoms with van der Waals surface area (Å²) >= 11 is 3.27. The van der Waals surface area contributed by atoms with Crippen LogP contribution in [0.25, 0.3) is 0 Å². The Morgan fingerprint density at radius 1 is 1.19 bits per heavy atom. The third-order valence-electron chi connectivity index (χ3n) is 5.82. The summed E-state index contributed by atoms with van der Waals surface area (Å²) in [7, 11) is 0. The predicted molar refractivity (Wildman–Crippen MR) is 132 cm³/mol. The summed E-state index contributed by atoms with van der Waals surface area (Å²) in [5, 5.41) is 10.9. The summed E-state index contributed by atoms with van der Waals surface area (Å²) in [5.41, 5.74) is 1.73. The first kappa shape index (κ1) is 25.9. The lowest BCUT2D eigenvalue weighted by molar-refractivity contribution is 0.0728. The second kappa shape index (κ2) is 10.0. The molecule has 1 saturated heterocycles. The number of amidine groups is 1. The Morgan fingerprint density at radius 3 is 2.19 bits per heavy atom. The Hall–Kier alpha value is -1.40. The number of benzene rings is 1. The summed E-state index contributed by atoms with van der Waals surface area (Å²) in [6.07, 6.45) is 2.08. The maximum absolute atomic E-state index is 13.3. The molecule has 1 aromatic rings. The first-order valence-electron chi connectivity index (χ1n) is 11.2. The van der Waals surface area contributed by atoms with Gasteiger partial charge in [0.25, 0.3) is 0 Å². The first-order chi connectivity index (χ1) is 14.3. The highest BCUT2D eigenvalue weighted by Crippen LogP contribution is 2.40. The van der Waals surface area contributed by atoms with E-state index in [0.717, 1.165) is 36.3 Å². The number of phenols is 1. The fourth-order valence-electron chi connectivity index (χ4n) is 4.02. The van der Waals surface area contributed by atoms with E-state index in [2.05, 4.69) is 66.6 Å². The zero-order valence-corrected chi connectivity index (χ0v) is 22.0. The van der Waals surface area contributed by atoms with Crippen LogP contribution in [0.5, 0.6) is 5.75 Å². The van der Waals surface area contributed by atoms with Crippen molar-refractivity contribution in [3.8, 4) is 5.75 Å². The molecule has 0 radical (unpaired) electrons. The van der Waals surface area contributed by atoms with Crippen LogP contribution in [0.3, 0.4) is 0 Å². The lowest BCUT2D eigenvalue weighted by atomic mass is 9.78. The summed E-state index contributed by atoms with van der Waals surface area (Å²) < 4.78 is 10.0. The zero-order chi connectivity index (χ0) is 23.6. The number of nitrogens with zero attached hydrogens (tertiary/aromatic N) is 2. The maximum Gasteiger partial charge on any atom is 0.182 e. The maximum atomic E-state index is 13.3. The summed E-state index contributed by atoms with van der Waals surface area (Å²) in [6, 6.07) is 3.73. The van der Waals surface area contributed by atoms with E-state index < -0.39 is 0 Å². The Morgan fingerprint density at radius 2 is 1.74 bits per heavy atom. The summed E-state index contributed by atoms with van der Waals surface area (Å²) in [4.78, 5) is 15.4. The number of halogens is 1. The van der Waals surface area contributed by atoms with Crippen LogP contribution in [0.4, 0.5) is 0 Å². The summed E-state index contributed by atoms with van der Waals surface area (Å²) in [6.45, 7) is 18.2. The van der Waals surface area contributed by atoms with Crippen molar-refractivity contribution in [1.29, 1.82) is 0 Å². The summed E-state index contributed by atoms with van der Waals surface area (Å²) in [5.74, 6) is 1.56. The van der Waals surface area contributed by atoms with Gasteiger partial charge in [-0.1, -0.05) is 41.5 Å². The molecule has 0 aromatic heterocycles. The Kier molecular flexibility index (Phi) is 8.37. The molecule has 0 bridgehead atoms. The minimum absolute atomic E-state index is 0.0451. The van der Waals surface area contributed by atoms with E-state index in [9.17, 15) is 9.90 Å². The number of hydrogen-bond acceptors (Lipinski definition) is 4. The van der Waals surface area contributed by atoms with Crippen LogP contribution in [0.2, 0.25) is 0 Å². The number of ketones is 1. The molecule has 1 aliphatic rings. The highest BCUT2D eigenvalue weighted by molar-refractivity contribution is 9.08. The predicted octanol–water partition coefficient (Wildman–Crippen LogP) is 6.02. The lowest BCUT2D eigenvalue weighted by Gasteiger charge is -2.28. The van der Waals surface area contributed by atoms with Gasteiger partial charge in [-0.2, -0.15) is 4.02 Å². The highest BCUT2D eigenvalue weighted by Gasteiger charge is 2.32. The minimum atomic E-state index is -0.266. The van der Waals surface area contributed by atoms with Crippen molar-refractivity contribution in [3.05, 3.63) is 28.8 Å². The second-order valence-electron chi connectivity index (χ2n) is 10.9. The Balaban J connectivity index is 2.25. The van der Waals surface area contributed by atoms with Gasteiger partial charge in [-0.25, -0.2) is 0 Å². The largest absolute Gasteiger partial charge is 0.507 e. The van der Waals surface area contributed by atoms with Gasteiger partial charge in [-0.05, 0) is 49.7 Å². The zero-order valence-electron chi connectivity index (χ0n) is 20.4. The molecule has 1 aromatic carbocycles. The molecule has 1 N–H and O–H groups in total. The monoisotopic (exact) mass is 494 g/mol. The molecular formula is C25H39BrN2O3. The van der Waals surface area contributed by atoms with Crippen molar-refractivity contribution >= 4 is 27.8 Å². The molecule has 1 heterocycles. The number of ether oxygens (including phenoxy) is 1. The SMILES string of the molecule is CC(C)OCCC1CCN(CC(=O)c2cc(C(C)(C)C)c(O)c(C(C)(C)C)c2)/C1=N\Br. The van der Waals surface area contributed by atoms with E-state index in [1.165, 1.54) is 0 Å². The van der Waals surface area contributed by atoms with Gasteiger partial charge >= 0.3 is 0 Å². The van der Waals surface area contributed by atoms with Crippen molar-refractivity contribution in [1.82, 2.24) is 4.90 Å². The number of aromatic hydroxyl groups is 1. The first-order valence-corrected chi connectivity index (χ1v) is 11.9. The third kappa shape index (κ3) is 6.55. The molecular weight excluding hydrogens is 456 g/mol. The van der Waals surface area contributed by atoms with Gasteiger partial charge in [-0.3, -0.25) is 4.79 Å². The van der Waals surface area contributed by atoms with Crippen LogP contribution in [-0.2, 0) is 15.6 Å². The highest BCUT2D eigenvalue weighted by atomic mass is 79.9. The Bertz CT molecular complexity index is 784. The number of Topliss-reactive ketones (excluding diaryl/α,β-unsaturated/α-hetero) is 1. The van der Waals surface area contributed by atoms with Gasteiger partial charge in [0.05, 0.1) is 28.8 Å². The van der Waals surface area contributed by atoms with E-state index in [-0.39, 0.29) is 29.3 Å². The molecule has 1 fully saturated rings. The molecule has 0 aliphatic carbocycles. The van der Waals surface area contributed by atoms with E-state index in [0.29, 0.717) is 23.8 Å². The molecule has 31 heavy (non-hydrogen) atoms. The molecule has 1 unspecified atom stereocenters. The van der Waals surface area contributed by atoms with Crippen LogP contribution < -0.4 is 0 Å². The number of carbonyl (C=O) groups excluding carboxylic acids is 1. The van der Waals surface area contributed by atoms with Gasteiger partial charge in [0.15, 0.2) is 5.78 Å². The smallest absolute Gasteiger partial charge is 0.182 e. The van der Waals surface area contributed by atoms with Gasteiger partial charge in [0.1, 0.15) is 11.6 Å². The molecule has 0 spiro atoms. The number of likely N-dealkylation sites (tertiary alicyclic amines) is 1. The lowest BCUT2D eigenvalue weighted by Crippen LogP contribution is -2.33. The number of carbonyl (C=O) groups is 1. The molecule has 2 rings (SSSR count). The fraction of sp³-hybridized carbons (Fsp3) is 0.680.